The molecule has 3 heteroatoms. The van der Waals surface area contributed by atoms with Gasteiger partial charge >= 0.3 is 0 Å². The topological polar surface area (TPSA) is 16.4 Å². The Balaban J connectivity index is 1.60. The van der Waals surface area contributed by atoms with Crippen LogP contribution in [0.15, 0.2) is 126 Å². The Labute approximate surface area is 218 Å². The molecule has 0 aliphatic heterocycles. The molecule has 6 aromatic carbocycles. The van der Waals surface area contributed by atoms with Gasteiger partial charge in [0.05, 0.1) is 10.7 Å². The van der Waals surface area contributed by atoms with Crippen LogP contribution in [-0.2, 0) is 0 Å². The molecule has 8 rings (SSSR count). The molecular weight excluding hydrogens is 474 g/mol. The van der Waals surface area contributed by atoms with Crippen LogP contribution in [0, 0.1) is 0 Å². The Hall–Kier alpha value is -4.53. The summed E-state index contributed by atoms with van der Waals surface area (Å²) in [7, 11) is 0. The highest BCUT2D eigenvalue weighted by molar-refractivity contribution is 6.39. The van der Waals surface area contributed by atoms with Gasteiger partial charge in [-0.15, -0.1) is 0 Å². The van der Waals surface area contributed by atoms with Crippen molar-refractivity contribution in [2.24, 2.45) is 0 Å². The molecule has 1 aliphatic carbocycles. The highest BCUT2D eigenvalue weighted by Gasteiger charge is 2.27. The van der Waals surface area contributed by atoms with Gasteiger partial charge in [-0.1, -0.05) is 96.5 Å². The van der Waals surface area contributed by atoms with Gasteiger partial charge in [-0.05, 0) is 52.6 Å². The summed E-state index contributed by atoms with van der Waals surface area (Å²) in [4.78, 5) is 2.31. The van der Waals surface area contributed by atoms with Crippen molar-refractivity contribution in [3.05, 3.63) is 126 Å². The van der Waals surface area contributed by atoms with Crippen molar-refractivity contribution in [1.82, 2.24) is 0 Å². The minimum absolute atomic E-state index is 0.629. The van der Waals surface area contributed by atoms with Gasteiger partial charge in [0.2, 0.25) is 0 Å². The number of halogens is 1. The van der Waals surface area contributed by atoms with E-state index in [0.29, 0.717) is 5.02 Å². The van der Waals surface area contributed by atoms with Crippen molar-refractivity contribution < 1.29 is 4.42 Å². The van der Waals surface area contributed by atoms with Gasteiger partial charge in [-0.2, -0.15) is 0 Å². The second kappa shape index (κ2) is 7.73. The van der Waals surface area contributed by atoms with Crippen molar-refractivity contribution in [1.29, 1.82) is 0 Å². The second-order valence-electron chi connectivity index (χ2n) is 9.45. The zero-order chi connectivity index (χ0) is 24.5. The molecule has 2 nitrogen and oxygen atoms in total. The predicted molar refractivity (Wildman–Crippen MR) is 155 cm³/mol. The fourth-order valence-corrected chi connectivity index (χ4v) is 6.14. The minimum atomic E-state index is 0.629. The highest BCUT2D eigenvalue weighted by atomic mass is 35.5. The molecule has 37 heavy (non-hydrogen) atoms. The first kappa shape index (κ1) is 20.6. The van der Waals surface area contributed by atoms with Crippen LogP contribution in [0.25, 0.3) is 55.0 Å². The SMILES string of the molecule is Clc1ccc2c3c1oc1cc(N(c4ccccc4)c4ccccc4)c4cccc(c4c13)-c1ccccc1-2. The summed E-state index contributed by atoms with van der Waals surface area (Å²) in [5.74, 6) is 0. The zero-order valence-electron chi connectivity index (χ0n) is 19.8. The van der Waals surface area contributed by atoms with Crippen molar-refractivity contribution in [3.63, 3.8) is 0 Å². The maximum absolute atomic E-state index is 6.74. The summed E-state index contributed by atoms with van der Waals surface area (Å²) in [5.41, 5.74) is 9.59. The largest absolute Gasteiger partial charge is 0.454 e. The molecule has 174 valence electrons. The lowest BCUT2D eigenvalue weighted by Crippen LogP contribution is -2.10. The van der Waals surface area contributed by atoms with Crippen LogP contribution in [-0.4, -0.2) is 0 Å². The third-order valence-corrected chi connectivity index (χ3v) is 7.75. The molecular formula is C34H20ClNO. The lowest BCUT2D eigenvalue weighted by atomic mass is 9.93. The molecule has 0 saturated carbocycles. The quantitative estimate of drug-likeness (QED) is 0.243. The molecule has 1 aromatic heterocycles. The fourth-order valence-electron chi connectivity index (χ4n) is 5.94. The third kappa shape index (κ3) is 2.88. The molecule has 0 fully saturated rings. The number of fused-ring (bicyclic) bond motifs is 3. The van der Waals surface area contributed by atoms with Crippen molar-refractivity contribution in [2.45, 2.75) is 0 Å². The number of furan rings is 1. The lowest BCUT2D eigenvalue weighted by molar-refractivity contribution is 0.669. The van der Waals surface area contributed by atoms with E-state index in [2.05, 4.69) is 108 Å². The summed E-state index contributed by atoms with van der Waals surface area (Å²) >= 11 is 6.74. The molecule has 0 atom stereocenters. The Bertz CT molecular complexity index is 1950. The average Bonchev–Trinajstić information content (AvgIpc) is 3.29. The Kier molecular flexibility index (Phi) is 4.31. The molecule has 1 aliphatic rings. The van der Waals surface area contributed by atoms with Gasteiger partial charge in [0.1, 0.15) is 5.58 Å². The van der Waals surface area contributed by atoms with E-state index < -0.39 is 0 Å². The van der Waals surface area contributed by atoms with Gasteiger partial charge in [-0.3, -0.25) is 0 Å². The van der Waals surface area contributed by atoms with E-state index in [4.69, 9.17) is 16.0 Å². The van der Waals surface area contributed by atoms with Gasteiger partial charge in [-0.25, -0.2) is 0 Å². The third-order valence-electron chi connectivity index (χ3n) is 7.45. The number of anilines is 3. The molecule has 0 saturated heterocycles. The van der Waals surface area contributed by atoms with Crippen LogP contribution in [0.4, 0.5) is 17.1 Å². The molecule has 0 radical (unpaired) electrons. The molecule has 0 spiro atoms. The van der Waals surface area contributed by atoms with E-state index in [1.54, 1.807) is 0 Å². The van der Waals surface area contributed by atoms with Crippen molar-refractivity contribution in [3.8, 4) is 22.3 Å². The fraction of sp³-hybridized carbons (Fsp3) is 0. The van der Waals surface area contributed by atoms with Crippen molar-refractivity contribution >= 4 is 61.4 Å². The van der Waals surface area contributed by atoms with Crippen LogP contribution in [0.3, 0.4) is 0 Å². The van der Waals surface area contributed by atoms with E-state index in [0.717, 1.165) is 44.6 Å². The van der Waals surface area contributed by atoms with Crippen LogP contribution in [0.1, 0.15) is 0 Å². The molecule has 1 heterocycles. The molecule has 0 amide bonds. The molecule has 7 aromatic rings. The monoisotopic (exact) mass is 493 g/mol. The van der Waals surface area contributed by atoms with Gasteiger partial charge in [0.25, 0.3) is 0 Å². The summed E-state index contributed by atoms with van der Waals surface area (Å²) < 4.78 is 6.58. The summed E-state index contributed by atoms with van der Waals surface area (Å²) in [6, 6.07) is 42.5. The molecule has 0 unspecified atom stereocenters. The van der Waals surface area contributed by atoms with Crippen LogP contribution in [0.5, 0.6) is 0 Å². The van der Waals surface area contributed by atoms with Gasteiger partial charge in [0.15, 0.2) is 5.58 Å². The number of para-hydroxylation sites is 2. The van der Waals surface area contributed by atoms with E-state index in [-0.39, 0.29) is 0 Å². The number of hydrogen-bond acceptors (Lipinski definition) is 2. The first-order valence-electron chi connectivity index (χ1n) is 12.4. The number of nitrogens with zero attached hydrogens (tertiary/aromatic N) is 1. The summed E-state index contributed by atoms with van der Waals surface area (Å²) in [5, 5.41) is 5.20. The zero-order valence-corrected chi connectivity index (χ0v) is 20.5. The van der Waals surface area contributed by atoms with E-state index in [1.165, 1.54) is 27.5 Å². The van der Waals surface area contributed by atoms with E-state index in [1.807, 2.05) is 18.2 Å². The van der Waals surface area contributed by atoms with Gasteiger partial charge < -0.3 is 9.32 Å². The number of hydrogen-bond donors (Lipinski definition) is 0. The second-order valence-corrected chi connectivity index (χ2v) is 9.86. The van der Waals surface area contributed by atoms with Crippen LogP contribution < -0.4 is 4.90 Å². The first-order valence-corrected chi connectivity index (χ1v) is 12.8. The smallest absolute Gasteiger partial charge is 0.154 e. The maximum Gasteiger partial charge on any atom is 0.154 e. The van der Waals surface area contributed by atoms with Crippen LogP contribution >= 0.6 is 11.6 Å². The normalized spacial score (nSPS) is 11.9. The van der Waals surface area contributed by atoms with Gasteiger partial charge in [0, 0.05) is 39.0 Å². The van der Waals surface area contributed by atoms with Crippen molar-refractivity contribution in [2.75, 3.05) is 4.90 Å². The first-order chi connectivity index (χ1) is 18.3. The highest BCUT2D eigenvalue weighted by Crippen LogP contribution is 2.53. The number of rotatable bonds is 3. The maximum atomic E-state index is 6.74. The standard InChI is InChI=1S/C34H20ClNO/c35-28-19-18-26-24-15-8-7-14-23(24)25-16-9-17-27-29(20-30-33(31(25)27)32(26)34(28)37-30)36(21-10-3-1-4-11-21)22-12-5-2-6-13-22/h1-20H. The Morgan fingerprint density at radius 3 is 1.78 bits per heavy atom. The van der Waals surface area contributed by atoms with Crippen LogP contribution in [0.2, 0.25) is 5.02 Å². The van der Waals surface area contributed by atoms with E-state index in [9.17, 15) is 0 Å². The lowest BCUT2D eigenvalue weighted by Gasteiger charge is -2.27. The summed E-state index contributed by atoms with van der Waals surface area (Å²) in [6.45, 7) is 0. The molecule has 0 bridgehead atoms. The molecule has 0 N–H and O–H groups in total. The Morgan fingerprint density at radius 1 is 0.514 bits per heavy atom. The van der Waals surface area contributed by atoms with E-state index >= 15 is 0 Å². The summed E-state index contributed by atoms with van der Waals surface area (Å²) in [6.07, 6.45) is 0. The minimum Gasteiger partial charge on any atom is -0.454 e. The average molecular weight is 494 g/mol. The predicted octanol–water partition coefficient (Wildman–Crippen LogP) is 10.5. The Morgan fingerprint density at radius 2 is 1.11 bits per heavy atom. The number of benzene rings is 6.